The highest BCUT2D eigenvalue weighted by Gasteiger charge is 2.41. The fourth-order valence-corrected chi connectivity index (χ4v) is 3.89. The van der Waals surface area contributed by atoms with Crippen LogP contribution in [0.3, 0.4) is 0 Å². The van der Waals surface area contributed by atoms with Crippen LogP contribution in [-0.2, 0) is 6.54 Å². The van der Waals surface area contributed by atoms with Crippen LogP contribution in [0.2, 0.25) is 0 Å². The third kappa shape index (κ3) is 3.07. The number of carbonyl (C=O) groups excluding carboxylic acids is 2. The molecule has 4 rings (SSSR count). The van der Waals surface area contributed by atoms with Crippen LogP contribution in [-0.4, -0.2) is 51.7 Å². The predicted molar refractivity (Wildman–Crippen MR) is 99.9 cm³/mol. The van der Waals surface area contributed by atoms with Gasteiger partial charge in [-0.25, -0.2) is 0 Å². The number of likely N-dealkylation sites (tertiary alicyclic amines) is 1. The van der Waals surface area contributed by atoms with Crippen molar-refractivity contribution in [2.24, 2.45) is 0 Å². The number of carbonyl (C=O) groups is 2. The Labute approximate surface area is 158 Å². The van der Waals surface area contributed by atoms with Crippen LogP contribution in [0.1, 0.15) is 46.2 Å². The number of hydrogen-bond donors (Lipinski definition) is 1. The van der Waals surface area contributed by atoms with Crippen LogP contribution >= 0.6 is 0 Å². The lowest BCUT2D eigenvalue weighted by atomic mass is 9.90. The number of rotatable bonds is 2. The Hall–Kier alpha value is -2.83. The third-order valence-electron chi connectivity index (χ3n) is 5.62. The van der Waals surface area contributed by atoms with Crippen LogP contribution < -0.4 is 10.1 Å². The van der Waals surface area contributed by atoms with Gasteiger partial charge in [0.15, 0.2) is 0 Å². The van der Waals surface area contributed by atoms with Crippen LogP contribution in [0.5, 0.6) is 5.75 Å². The van der Waals surface area contributed by atoms with Gasteiger partial charge in [0, 0.05) is 38.2 Å². The summed E-state index contributed by atoms with van der Waals surface area (Å²) in [5, 5.41) is 7.25. The summed E-state index contributed by atoms with van der Waals surface area (Å²) >= 11 is 0. The van der Waals surface area contributed by atoms with Gasteiger partial charge >= 0.3 is 0 Å². The van der Waals surface area contributed by atoms with E-state index in [2.05, 4.69) is 10.4 Å². The molecule has 2 aromatic rings. The summed E-state index contributed by atoms with van der Waals surface area (Å²) in [5.41, 5.74) is 1.65. The molecule has 27 heavy (non-hydrogen) atoms. The highest BCUT2D eigenvalue weighted by Crippen LogP contribution is 2.33. The molecule has 0 saturated carbocycles. The van der Waals surface area contributed by atoms with Crippen molar-refractivity contribution < 1.29 is 14.3 Å². The molecule has 0 aliphatic carbocycles. The van der Waals surface area contributed by atoms with Gasteiger partial charge in [-0.2, -0.15) is 5.10 Å². The number of hydrogen-bond acceptors (Lipinski definition) is 4. The van der Waals surface area contributed by atoms with Crippen molar-refractivity contribution in [3.63, 3.8) is 0 Å². The standard InChI is InChI=1S/C20H24N4O3/c1-3-24-14(2)16(12-22-24)19(26)23-10-8-20(9-11-23)13-21-18(25)15-6-4-5-7-17(15)27-20/h4-7,12H,3,8-11,13H2,1-2H3,(H,21,25). The zero-order valence-electron chi connectivity index (χ0n) is 15.7. The molecule has 3 heterocycles. The Morgan fingerprint density at radius 1 is 1.30 bits per heavy atom. The van der Waals surface area contributed by atoms with E-state index in [1.165, 1.54) is 0 Å². The fourth-order valence-electron chi connectivity index (χ4n) is 3.89. The second-order valence-electron chi connectivity index (χ2n) is 7.22. The van der Waals surface area contributed by atoms with Gasteiger partial charge in [0.2, 0.25) is 0 Å². The first kappa shape index (κ1) is 17.6. The second-order valence-corrected chi connectivity index (χ2v) is 7.22. The maximum Gasteiger partial charge on any atom is 0.257 e. The van der Waals surface area contributed by atoms with E-state index in [4.69, 9.17) is 4.74 Å². The molecule has 142 valence electrons. The van der Waals surface area contributed by atoms with E-state index >= 15 is 0 Å². The van der Waals surface area contributed by atoms with Crippen LogP contribution in [0.4, 0.5) is 0 Å². The first-order chi connectivity index (χ1) is 13.0. The number of benzene rings is 1. The summed E-state index contributed by atoms with van der Waals surface area (Å²) < 4.78 is 8.13. The molecule has 2 aliphatic heterocycles. The predicted octanol–water partition coefficient (Wildman–Crippen LogP) is 2.01. The van der Waals surface area contributed by atoms with Crippen molar-refractivity contribution >= 4 is 11.8 Å². The molecule has 7 heteroatoms. The van der Waals surface area contributed by atoms with E-state index in [-0.39, 0.29) is 11.8 Å². The first-order valence-corrected chi connectivity index (χ1v) is 9.41. The number of nitrogens with one attached hydrogen (secondary N) is 1. The van der Waals surface area contributed by atoms with Gasteiger partial charge in [0.25, 0.3) is 11.8 Å². The number of para-hydroxylation sites is 1. The lowest BCUT2D eigenvalue weighted by Gasteiger charge is -2.41. The van der Waals surface area contributed by atoms with E-state index in [0.29, 0.717) is 49.4 Å². The van der Waals surface area contributed by atoms with E-state index in [9.17, 15) is 9.59 Å². The molecular formula is C20H24N4O3. The number of aromatic nitrogens is 2. The Balaban J connectivity index is 1.49. The molecule has 1 saturated heterocycles. The molecule has 2 amide bonds. The van der Waals surface area contributed by atoms with Crippen molar-refractivity contribution in [3.05, 3.63) is 47.3 Å². The van der Waals surface area contributed by atoms with Crippen molar-refractivity contribution in [1.82, 2.24) is 20.0 Å². The lowest BCUT2D eigenvalue weighted by Crippen LogP contribution is -2.54. The SMILES string of the molecule is CCn1ncc(C(=O)N2CCC3(CC2)CNC(=O)c2ccccc2O3)c1C. The summed E-state index contributed by atoms with van der Waals surface area (Å²) in [4.78, 5) is 27.1. The lowest BCUT2D eigenvalue weighted by molar-refractivity contribution is 0.00769. The van der Waals surface area contributed by atoms with Gasteiger partial charge in [-0.15, -0.1) is 0 Å². The molecular weight excluding hydrogens is 344 g/mol. The Morgan fingerprint density at radius 2 is 2.04 bits per heavy atom. The van der Waals surface area contributed by atoms with Crippen molar-refractivity contribution in [2.75, 3.05) is 19.6 Å². The number of ether oxygens (including phenoxy) is 1. The normalized spacial score (nSPS) is 18.4. The number of fused-ring (bicyclic) bond motifs is 1. The molecule has 0 bridgehead atoms. The van der Waals surface area contributed by atoms with E-state index in [0.717, 1.165) is 12.2 Å². The van der Waals surface area contributed by atoms with E-state index in [1.807, 2.05) is 41.6 Å². The third-order valence-corrected chi connectivity index (χ3v) is 5.62. The largest absolute Gasteiger partial charge is 0.484 e. The molecule has 0 unspecified atom stereocenters. The van der Waals surface area contributed by atoms with Gasteiger partial charge in [0.05, 0.1) is 23.9 Å². The summed E-state index contributed by atoms with van der Waals surface area (Å²) in [6.07, 6.45) is 3.01. The van der Waals surface area contributed by atoms with Crippen molar-refractivity contribution in [2.45, 2.75) is 38.8 Å². The summed E-state index contributed by atoms with van der Waals surface area (Å²) in [6.45, 7) is 6.32. The molecule has 0 radical (unpaired) electrons. The number of aryl methyl sites for hydroxylation is 1. The average molecular weight is 368 g/mol. The summed E-state index contributed by atoms with van der Waals surface area (Å²) in [6, 6.07) is 7.32. The van der Waals surface area contributed by atoms with Crippen molar-refractivity contribution in [3.8, 4) is 5.75 Å². The maximum atomic E-state index is 12.9. The smallest absolute Gasteiger partial charge is 0.257 e. The average Bonchev–Trinajstić information content (AvgIpc) is 3.00. The number of nitrogens with zero attached hydrogens (tertiary/aromatic N) is 3. The summed E-state index contributed by atoms with van der Waals surface area (Å²) in [7, 11) is 0. The van der Waals surface area contributed by atoms with Gasteiger partial charge in [-0.1, -0.05) is 12.1 Å². The Morgan fingerprint density at radius 3 is 2.74 bits per heavy atom. The molecule has 2 aliphatic rings. The molecule has 1 N–H and O–H groups in total. The molecule has 0 atom stereocenters. The van der Waals surface area contributed by atoms with E-state index < -0.39 is 5.60 Å². The van der Waals surface area contributed by atoms with E-state index in [1.54, 1.807) is 12.3 Å². The molecule has 1 fully saturated rings. The Kier molecular flexibility index (Phi) is 4.37. The van der Waals surface area contributed by atoms with Crippen molar-refractivity contribution in [1.29, 1.82) is 0 Å². The number of amides is 2. The summed E-state index contributed by atoms with van der Waals surface area (Å²) in [5.74, 6) is 0.524. The van der Waals surface area contributed by atoms with Gasteiger partial charge in [-0.05, 0) is 26.0 Å². The van der Waals surface area contributed by atoms with Crippen LogP contribution in [0.15, 0.2) is 30.5 Å². The quantitative estimate of drug-likeness (QED) is 0.880. The van der Waals surface area contributed by atoms with Gasteiger partial charge in [-0.3, -0.25) is 14.3 Å². The maximum absolute atomic E-state index is 12.9. The van der Waals surface area contributed by atoms with Crippen LogP contribution in [0, 0.1) is 6.92 Å². The minimum Gasteiger partial charge on any atom is -0.484 e. The van der Waals surface area contributed by atoms with Gasteiger partial charge in [0.1, 0.15) is 11.4 Å². The molecule has 1 aromatic heterocycles. The fraction of sp³-hybridized carbons (Fsp3) is 0.450. The topological polar surface area (TPSA) is 76.5 Å². The minimum atomic E-state index is -0.471. The van der Waals surface area contributed by atoms with Crippen LogP contribution in [0.25, 0.3) is 0 Å². The Bertz CT molecular complexity index is 881. The monoisotopic (exact) mass is 368 g/mol. The second kappa shape index (κ2) is 6.72. The first-order valence-electron chi connectivity index (χ1n) is 9.41. The zero-order chi connectivity index (χ0) is 19.0. The molecule has 1 spiro atoms. The molecule has 1 aromatic carbocycles. The highest BCUT2D eigenvalue weighted by atomic mass is 16.5. The minimum absolute atomic E-state index is 0.0140. The number of piperidine rings is 1. The van der Waals surface area contributed by atoms with Gasteiger partial charge < -0.3 is 15.0 Å². The highest BCUT2D eigenvalue weighted by molar-refractivity contribution is 5.97. The zero-order valence-corrected chi connectivity index (χ0v) is 15.7. The molecule has 7 nitrogen and oxygen atoms in total.